The number of nitrogens with one attached hydrogen (secondary N) is 1. The van der Waals surface area contributed by atoms with Crippen molar-refractivity contribution in [2.75, 3.05) is 18.8 Å². The number of carbonyl (C=O) groups excluding carboxylic acids is 1. The number of aromatic amines is 1. The summed E-state index contributed by atoms with van der Waals surface area (Å²) >= 11 is 1.58. The van der Waals surface area contributed by atoms with Crippen molar-refractivity contribution in [2.45, 2.75) is 32.1 Å². The smallest absolute Gasteiger partial charge is 0.228 e. The zero-order valence-corrected chi connectivity index (χ0v) is 14.8. The Morgan fingerprint density at radius 1 is 1.44 bits per heavy atom. The van der Waals surface area contributed by atoms with Crippen LogP contribution in [-0.4, -0.2) is 44.1 Å². The van der Waals surface area contributed by atoms with Crippen LogP contribution in [0.4, 0.5) is 5.82 Å². The Morgan fingerprint density at radius 3 is 3.12 bits per heavy atom. The number of H-pyrrole nitrogens is 1. The molecule has 3 aromatic heterocycles. The second-order valence-corrected chi connectivity index (χ2v) is 7.52. The lowest BCUT2D eigenvalue weighted by Gasteiger charge is -2.32. The summed E-state index contributed by atoms with van der Waals surface area (Å²) in [7, 11) is 0. The van der Waals surface area contributed by atoms with E-state index in [1.807, 2.05) is 29.3 Å². The number of hydrogen-bond acceptors (Lipinski definition) is 6. The molecular formula is C17H20N6OS. The van der Waals surface area contributed by atoms with E-state index in [2.05, 4.69) is 20.2 Å². The van der Waals surface area contributed by atoms with E-state index in [1.54, 1.807) is 11.3 Å². The molecule has 0 saturated carbocycles. The largest absolute Gasteiger partial charge is 0.384 e. The predicted octanol–water partition coefficient (Wildman–Crippen LogP) is 2.25. The van der Waals surface area contributed by atoms with Crippen LogP contribution in [-0.2, 0) is 11.2 Å². The van der Waals surface area contributed by atoms with Gasteiger partial charge in [-0.2, -0.15) is 5.10 Å². The lowest BCUT2D eigenvalue weighted by molar-refractivity contribution is -0.131. The van der Waals surface area contributed by atoms with Gasteiger partial charge in [-0.05, 0) is 31.9 Å². The molecule has 1 aliphatic heterocycles. The van der Waals surface area contributed by atoms with Crippen molar-refractivity contribution in [3.05, 3.63) is 33.9 Å². The Kier molecular flexibility index (Phi) is 4.12. The summed E-state index contributed by atoms with van der Waals surface area (Å²) in [4.78, 5) is 23.6. The highest BCUT2D eigenvalue weighted by Crippen LogP contribution is 2.28. The zero-order valence-electron chi connectivity index (χ0n) is 14.0. The Balaban J connectivity index is 1.48. The van der Waals surface area contributed by atoms with E-state index in [9.17, 15) is 4.79 Å². The monoisotopic (exact) mass is 356 g/mol. The van der Waals surface area contributed by atoms with Crippen LogP contribution in [0.1, 0.15) is 35.2 Å². The molecular weight excluding hydrogens is 336 g/mol. The van der Waals surface area contributed by atoms with Gasteiger partial charge >= 0.3 is 0 Å². The van der Waals surface area contributed by atoms with E-state index >= 15 is 0 Å². The summed E-state index contributed by atoms with van der Waals surface area (Å²) in [6, 6.07) is 3.95. The van der Waals surface area contributed by atoms with E-state index in [-0.39, 0.29) is 11.8 Å². The minimum Gasteiger partial charge on any atom is -0.384 e. The molecule has 0 radical (unpaired) electrons. The Hall–Kier alpha value is -2.48. The van der Waals surface area contributed by atoms with Crippen molar-refractivity contribution in [1.29, 1.82) is 0 Å². The number of piperidine rings is 1. The molecule has 8 heteroatoms. The van der Waals surface area contributed by atoms with Crippen molar-refractivity contribution < 1.29 is 4.79 Å². The van der Waals surface area contributed by atoms with E-state index < -0.39 is 0 Å². The van der Waals surface area contributed by atoms with Gasteiger partial charge in [0, 0.05) is 30.1 Å². The van der Waals surface area contributed by atoms with Crippen LogP contribution >= 0.6 is 11.3 Å². The van der Waals surface area contributed by atoms with Crippen LogP contribution in [0, 0.1) is 6.92 Å². The second-order valence-electron chi connectivity index (χ2n) is 6.46. The van der Waals surface area contributed by atoms with Crippen molar-refractivity contribution in [3.8, 4) is 0 Å². The van der Waals surface area contributed by atoms with Crippen molar-refractivity contribution in [1.82, 2.24) is 25.1 Å². The summed E-state index contributed by atoms with van der Waals surface area (Å²) in [6.45, 7) is 3.45. The normalized spacial score (nSPS) is 18.0. The van der Waals surface area contributed by atoms with Gasteiger partial charge in [-0.25, -0.2) is 9.97 Å². The highest BCUT2D eigenvalue weighted by molar-refractivity contribution is 7.09. The lowest BCUT2D eigenvalue weighted by Crippen LogP contribution is -2.40. The number of thiazole rings is 1. The maximum Gasteiger partial charge on any atom is 0.228 e. The van der Waals surface area contributed by atoms with Gasteiger partial charge in [0.15, 0.2) is 5.65 Å². The van der Waals surface area contributed by atoms with Gasteiger partial charge in [0.05, 0.1) is 22.5 Å². The third-order valence-corrected chi connectivity index (χ3v) is 5.48. The molecule has 1 aliphatic rings. The molecule has 0 bridgehead atoms. The standard InChI is InChI=1S/C17H20N6OS/c1-10-19-12(9-25-10)7-15(24)23-6-2-3-11(8-23)14-5-4-13-16(18)21-22-17(13)20-14/h4-5,9,11H,2-3,6-8H2,1H3,(H3,18,20,21,22)/t11-/m0/s1. The van der Waals surface area contributed by atoms with Crippen LogP contribution in [0.25, 0.3) is 11.0 Å². The molecule has 7 nitrogen and oxygen atoms in total. The third kappa shape index (κ3) is 3.21. The van der Waals surface area contributed by atoms with Gasteiger partial charge in [0.1, 0.15) is 5.82 Å². The first kappa shape index (κ1) is 16.0. The van der Waals surface area contributed by atoms with Gasteiger partial charge in [-0.1, -0.05) is 0 Å². The number of likely N-dealkylation sites (tertiary alicyclic amines) is 1. The third-order valence-electron chi connectivity index (χ3n) is 4.66. The molecule has 1 amide bonds. The molecule has 0 spiro atoms. The number of fused-ring (bicyclic) bond motifs is 1. The number of anilines is 1. The molecule has 1 atom stereocenters. The summed E-state index contributed by atoms with van der Waals surface area (Å²) in [6.07, 6.45) is 2.38. The molecule has 1 saturated heterocycles. The van der Waals surface area contributed by atoms with Crippen LogP contribution in [0.5, 0.6) is 0 Å². The van der Waals surface area contributed by atoms with E-state index in [0.717, 1.165) is 41.2 Å². The fourth-order valence-corrected chi connectivity index (χ4v) is 3.97. The Morgan fingerprint density at radius 2 is 2.32 bits per heavy atom. The van der Waals surface area contributed by atoms with E-state index in [1.165, 1.54) is 0 Å². The van der Waals surface area contributed by atoms with Gasteiger partial charge in [-0.15, -0.1) is 11.3 Å². The maximum absolute atomic E-state index is 12.6. The number of carbonyl (C=O) groups is 1. The van der Waals surface area contributed by atoms with Gasteiger partial charge in [0.2, 0.25) is 5.91 Å². The number of rotatable bonds is 3. The molecule has 1 fully saturated rings. The van der Waals surface area contributed by atoms with Crippen LogP contribution < -0.4 is 5.73 Å². The molecule has 0 aliphatic carbocycles. The summed E-state index contributed by atoms with van der Waals surface area (Å²) in [5.74, 6) is 0.908. The van der Waals surface area contributed by atoms with Gasteiger partial charge in [-0.3, -0.25) is 9.89 Å². The molecule has 25 heavy (non-hydrogen) atoms. The molecule has 3 aromatic rings. The SMILES string of the molecule is Cc1nc(CC(=O)N2CCC[C@H](c3ccc4c(N)[nH]nc4n3)C2)cs1. The number of aromatic nitrogens is 4. The van der Waals surface area contributed by atoms with E-state index in [0.29, 0.717) is 24.4 Å². The average Bonchev–Trinajstić information content (AvgIpc) is 3.20. The maximum atomic E-state index is 12.6. The predicted molar refractivity (Wildman–Crippen MR) is 97.4 cm³/mol. The number of aryl methyl sites for hydroxylation is 1. The molecule has 4 rings (SSSR count). The van der Waals surface area contributed by atoms with E-state index in [4.69, 9.17) is 5.73 Å². The summed E-state index contributed by atoms with van der Waals surface area (Å²) in [5, 5.41) is 10.7. The highest BCUT2D eigenvalue weighted by Gasteiger charge is 2.26. The topological polar surface area (TPSA) is 101 Å². The minimum absolute atomic E-state index is 0.139. The van der Waals surface area contributed by atoms with Crippen molar-refractivity contribution in [3.63, 3.8) is 0 Å². The first-order valence-electron chi connectivity index (χ1n) is 8.39. The fourth-order valence-electron chi connectivity index (χ4n) is 3.36. The number of pyridine rings is 1. The average molecular weight is 356 g/mol. The molecule has 130 valence electrons. The first-order valence-corrected chi connectivity index (χ1v) is 9.27. The summed E-state index contributed by atoms with van der Waals surface area (Å²) < 4.78 is 0. The number of nitrogen functional groups attached to an aromatic ring is 1. The van der Waals surface area contributed by atoms with Crippen molar-refractivity contribution in [2.24, 2.45) is 0 Å². The number of hydrogen-bond donors (Lipinski definition) is 2. The lowest BCUT2D eigenvalue weighted by atomic mass is 9.94. The molecule has 0 unspecified atom stereocenters. The first-order chi connectivity index (χ1) is 12.1. The molecule has 0 aromatic carbocycles. The second kappa shape index (κ2) is 6.44. The van der Waals surface area contributed by atoms with Crippen molar-refractivity contribution >= 4 is 34.1 Å². The zero-order chi connectivity index (χ0) is 17.4. The minimum atomic E-state index is 0.139. The van der Waals surface area contributed by atoms with Crippen LogP contribution in [0.2, 0.25) is 0 Å². The quantitative estimate of drug-likeness (QED) is 0.749. The number of nitrogens with zero attached hydrogens (tertiary/aromatic N) is 4. The number of amides is 1. The Bertz CT molecular complexity index is 917. The fraction of sp³-hybridized carbons (Fsp3) is 0.412. The molecule has 4 heterocycles. The number of nitrogens with two attached hydrogens (primary N) is 1. The van der Waals surface area contributed by atoms with Crippen LogP contribution in [0.15, 0.2) is 17.5 Å². The summed E-state index contributed by atoms with van der Waals surface area (Å²) in [5.41, 5.74) is 8.30. The Labute approximate surface area is 149 Å². The van der Waals surface area contributed by atoms with Gasteiger partial charge in [0.25, 0.3) is 0 Å². The highest BCUT2D eigenvalue weighted by atomic mass is 32.1. The van der Waals surface area contributed by atoms with Gasteiger partial charge < -0.3 is 10.6 Å². The van der Waals surface area contributed by atoms with Crippen LogP contribution in [0.3, 0.4) is 0 Å². The molecule has 3 N–H and O–H groups in total.